The first-order chi connectivity index (χ1) is 21.4. The second-order valence-electron chi connectivity index (χ2n) is 10.7. The Labute approximate surface area is 263 Å². The highest BCUT2D eigenvalue weighted by Crippen LogP contribution is 2.35. The number of ether oxygens (including phenoxy) is 1. The van der Waals surface area contributed by atoms with Crippen molar-refractivity contribution in [3.8, 4) is 0 Å². The highest BCUT2D eigenvalue weighted by molar-refractivity contribution is 7.91. The summed E-state index contributed by atoms with van der Waals surface area (Å²) in [5.41, 5.74) is -2.11. The van der Waals surface area contributed by atoms with Crippen molar-refractivity contribution in [2.75, 3.05) is 19.1 Å². The topological polar surface area (TPSA) is 232 Å². The monoisotopic (exact) mass is 678 g/mol. The summed E-state index contributed by atoms with van der Waals surface area (Å²) in [4.78, 5) is 68.7. The summed E-state index contributed by atoms with van der Waals surface area (Å²) in [6.07, 6.45) is 5.29. The van der Waals surface area contributed by atoms with Crippen LogP contribution in [0.4, 0.5) is 11.4 Å². The van der Waals surface area contributed by atoms with Crippen molar-refractivity contribution in [2.45, 2.75) is 48.8 Å². The largest absolute Gasteiger partial charge is 0.501 e. The quantitative estimate of drug-likeness (QED) is 0.0529. The molecule has 0 aromatic heterocycles. The van der Waals surface area contributed by atoms with Gasteiger partial charge in [-0.1, -0.05) is 0 Å². The molecule has 15 nitrogen and oxygen atoms in total. The van der Waals surface area contributed by atoms with Crippen LogP contribution in [0.3, 0.4) is 0 Å². The lowest BCUT2D eigenvalue weighted by Crippen LogP contribution is -2.17. The molecule has 0 spiro atoms. The van der Waals surface area contributed by atoms with E-state index >= 15 is 0 Å². The highest BCUT2D eigenvalue weighted by Gasteiger charge is 2.37. The fourth-order valence-electron chi connectivity index (χ4n) is 4.12. The van der Waals surface area contributed by atoms with Gasteiger partial charge in [-0.05, 0) is 56.9 Å². The Kier molecular flexibility index (Phi) is 11.1. The maximum Gasteiger partial charge on any atom is 0.281 e. The normalized spacial score (nSPS) is 14.8. The van der Waals surface area contributed by atoms with Gasteiger partial charge in [0.25, 0.3) is 11.4 Å². The number of carbonyl (C=O) groups is 4. The van der Waals surface area contributed by atoms with Crippen LogP contribution >= 0.6 is 0 Å². The molecule has 0 unspecified atom stereocenters. The number of carbonyl (C=O) groups excluding carboxylic acids is 4. The molecule has 2 aromatic carbocycles. The van der Waals surface area contributed by atoms with Crippen LogP contribution in [0.15, 0.2) is 58.0 Å². The first kappa shape index (κ1) is 35.8. The van der Waals surface area contributed by atoms with E-state index in [-0.39, 0.29) is 57.1 Å². The number of nitro groups is 2. The second kappa shape index (κ2) is 14.2. The summed E-state index contributed by atoms with van der Waals surface area (Å²) in [6.45, 7) is 1.90. The molecule has 0 heterocycles. The molecule has 2 saturated carbocycles. The molecule has 2 aliphatic carbocycles. The van der Waals surface area contributed by atoms with Crippen molar-refractivity contribution < 1.29 is 50.6 Å². The number of nitrogens with zero attached hydrogens (tertiary/aromatic N) is 2. The smallest absolute Gasteiger partial charge is 0.281 e. The molecule has 0 bridgehead atoms. The predicted molar refractivity (Wildman–Crippen MR) is 161 cm³/mol. The minimum Gasteiger partial charge on any atom is -0.501 e. The van der Waals surface area contributed by atoms with Crippen LogP contribution in [0.25, 0.3) is 0 Å². The van der Waals surface area contributed by atoms with Gasteiger partial charge in [-0.15, -0.1) is 0 Å². The fourth-order valence-corrected chi connectivity index (χ4v) is 5.40. The van der Waals surface area contributed by atoms with E-state index in [4.69, 9.17) is 4.74 Å². The molecule has 2 aliphatic rings. The number of benzene rings is 2. The molecule has 0 saturated heterocycles. The maximum absolute atomic E-state index is 12.7. The Morgan fingerprint density at radius 2 is 1.26 bits per heavy atom. The Morgan fingerprint density at radius 1 is 0.804 bits per heavy atom. The van der Waals surface area contributed by atoms with Gasteiger partial charge in [0.2, 0.25) is 5.78 Å². The van der Waals surface area contributed by atoms with Gasteiger partial charge in [0.15, 0.2) is 31.2 Å². The molecular weight excluding hydrogens is 648 g/mol. The number of hydrogen-bond acceptors (Lipinski definition) is 13. The zero-order valence-electron chi connectivity index (χ0n) is 25.0. The molecule has 0 amide bonds. The van der Waals surface area contributed by atoms with Gasteiger partial charge in [-0.25, -0.2) is 16.8 Å². The molecule has 2 aromatic rings. The van der Waals surface area contributed by atoms with E-state index in [0.29, 0.717) is 12.8 Å². The third-order valence-corrected chi connectivity index (χ3v) is 9.15. The molecule has 0 aliphatic heterocycles. The minimum atomic E-state index is -3.68. The van der Waals surface area contributed by atoms with E-state index in [2.05, 4.69) is 0 Å². The average molecular weight is 679 g/mol. The summed E-state index contributed by atoms with van der Waals surface area (Å²) >= 11 is 0. The van der Waals surface area contributed by atoms with Crippen LogP contribution in [0.1, 0.15) is 59.7 Å². The first-order valence-electron chi connectivity index (χ1n) is 13.8. The number of ketones is 4. The van der Waals surface area contributed by atoms with E-state index in [1.54, 1.807) is 6.92 Å². The number of Topliss-reactive ketones (excluding diaryl/α,β-unsaturated/α-hetero) is 4. The van der Waals surface area contributed by atoms with Gasteiger partial charge in [0.05, 0.1) is 44.5 Å². The molecule has 4 rings (SSSR count). The lowest BCUT2D eigenvalue weighted by Gasteiger charge is -2.08. The summed E-state index contributed by atoms with van der Waals surface area (Å²) in [6, 6.07) is 6.06. The molecule has 0 radical (unpaired) electrons. The van der Waals surface area contributed by atoms with Crippen LogP contribution in [-0.2, 0) is 34.0 Å². The predicted octanol–water partition coefficient (Wildman–Crippen LogP) is 3.63. The van der Waals surface area contributed by atoms with Crippen molar-refractivity contribution in [1.82, 2.24) is 0 Å². The SMILES string of the molecule is CCOC=C(C(=O)c1ccc(S(C)(=O)=O)cc1[N+](=O)[O-])C(=O)C1CC1.CS(=O)(=O)c1ccc(C(=O)CC(=O)C2CC2)c([N+](=O)[O-])c1. The Morgan fingerprint density at radius 3 is 1.67 bits per heavy atom. The number of nitro benzene ring substituents is 2. The Hall–Kier alpha value is -4.64. The molecule has 2 fully saturated rings. The maximum atomic E-state index is 12.7. The van der Waals surface area contributed by atoms with Gasteiger partial charge in [-0.3, -0.25) is 39.4 Å². The number of allylic oxidation sites excluding steroid dienone is 1. The fraction of sp³-hybridized carbons (Fsp3) is 0.379. The van der Waals surface area contributed by atoms with Gasteiger partial charge in [0.1, 0.15) is 16.9 Å². The van der Waals surface area contributed by atoms with Crippen LogP contribution in [-0.4, -0.2) is 68.9 Å². The summed E-state index contributed by atoms with van der Waals surface area (Å²) < 4.78 is 51.0. The lowest BCUT2D eigenvalue weighted by atomic mass is 9.97. The number of sulfone groups is 2. The van der Waals surface area contributed by atoms with Crippen molar-refractivity contribution in [3.05, 3.63) is 79.6 Å². The Bertz CT molecular complexity index is 1870. The second-order valence-corrected chi connectivity index (χ2v) is 14.7. The minimum absolute atomic E-state index is 0.108. The van der Waals surface area contributed by atoms with Crippen molar-refractivity contribution in [2.24, 2.45) is 11.8 Å². The van der Waals surface area contributed by atoms with E-state index in [9.17, 15) is 56.2 Å². The van der Waals surface area contributed by atoms with Crippen LogP contribution in [0.5, 0.6) is 0 Å². The highest BCUT2D eigenvalue weighted by atomic mass is 32.2. The summed E-state index contributed by atoms with van der Waals surface area (Å²) in [5, 5.41) is 22.3. The molecule has 46 heavy (non-hydrogen) atoms. The molecule has 17 heteroatoms. The van der Waals surface area contributed by atoms with E-state index in [0.717, 1.165) is 68.0 Å². The number of rotatable bonds is 14. The zero-order valence-corrected chi connectivity index (χ0v) is 26.6. The van der Waals surface area contributed by atoms with E-state index in [1.165, 1.54) is 0 Å². The Balaban J connectivity index is 0.000000254. The van der Waals surface area contributed by atoms with Gasteiger partial charge < -0.3 is 4.74 Å². The standard InChI is InChI=1S/C16H17NO7S.C13H13NO6S/c1-3-24-9-13(15(18)10-4-5-10)16(19)12-7-6-11(25(2,22)23)8-14(12)17(20)21;1-21(19,20)9-4-5-10(11(6-9)14(17)18)13(16)7-12(15)8-2-3-8/h6-10H,3-5H2,1-2H3;4-6,8H,2-3,7H2,1H3. The molecular formula is C29H30N2O13S2. The van der Waals surface area contributed by atoms with Gasteiger partial charge in [-0.2, -0.15) is 0 Å². The van der Waals surface area contributed by atoms with E-state index in [1.807, 2.05) is 0 Å². The van der Waals surface area contributed by atoms with E-state index < -0.39 is 58.2 Å². The first-order valence-corrected chi connectivity index (χ1v) is 17.6. The van der Waals surface area contributed by atoms with Crippen molar-refractivity contribution in [3.63, 3.8) is 0 Å². The third kappa shape index (κ3) is 9.20. The molecule has 0 N–H and O–H groups in total. The summed E-state index contributed by atoms with van der Waals surface area (Å²) in [5.74, 6) is -2.52. The van der Waals surface area contributed by atoms with Crippen molar-refractivity contribution >= 4 is 54.2 Å². The van der Waals surface area contributed by atoms with Gasteiger partial charge >= 0.3 is 0 Å². The molecule has 246 valence electrons. The van der Waals surface area contributed by atoms with Crippen LogP contribution in [0.2, 0.25) is 0 Å². The van der Waals surface area contributed by atoms with Crippen molar-refractivity contribution in [1.29, 1.82) is 0 Å². The third-order valence-electron chi connectivity index (χ3n) is 6.93. The number of hydrogen-bond donors (Lipinski definition) is 0. The molecule has 0 atom stereocenters. The van der Waals surface area contributed by atoms with Gasteiger partial charge in [0, 0.05) is 36.5 Å². The lowest BCUT2D eigenvalue weighted by molar-refractivity contribution is -0.385. The average Bonchev–Trinajstić information content (AvgIpc) is 3.89. The van der Waals surface area contributed by atoms with Crippen LogP contribution < -0.4 is 0 Å². The summed E-state index contributed by atoms with van der Waals surface area (Å²) in [7, 11) is -7.29. The van der Waals surface area contributed by atoms with Crippen LogP contribution in [0, 0.1) is 32.1 Å². The zero-order chi connectivity index (χ0) is 34.6.